The van der Waals surface area contributed by atoms with Gasteiger partial charge in [-0.3, -0.25) is 0 Å². The van der Waals surface area contributed by atoms with Crippen LogP contribution in [0.1, 0.15) is 18.3 Å². The molecule has 0 saturated carbocycles. The smallest absolute Gasteiger partial charge is 0.179 e. The van der Waals surface area contributed by atoms with Crippen LogP contribution >= 0.6 is 11.8 Å². The predicted octanol–water partition coefficient (Wildman–Crippen LogP) is 4.71. The van der Waals surface area contributed by atoms with E-state index in [2.05, 4.69) is 27.1 Å². The summed E-state index contributed by atoms with van der Waals surface area (Å²) in [5, 5.41) is 0.907. The number of ether oxygens (including phenoxy) is 1. The molecule has 3 aromatic rings. The Morgan fingerprint density at radius 3 is 2.42 bits per heavy atom. The zero-order valence-electron chi connectivity index (χ0n) is 14.0. The van der Waals surface area contributed by atoms with Gasteiger partial charge in [-0.25, -0.2) is 15.0 Å². The topological polar surface area (TPSA) is 47.9 Å². The molecule has 24 heavy (non-hydrogen) atoms. The fourth-order valence-electron chi connectivity index (χ4n) is 2.32. The second kappa shape index (κ2) is 7.45. The minimum Gasteiger partial charge on any atom is -0.494 e. The molecule has 0 bridgehead atoms. The highest BCUT2D eigenvalue weighted by Crippen LogP contribution is 2.28. The summed E-state index contributed by atoms with van der Waals surface area (Å²) >= 11 is 1.62. The van der Waals surface area contributed by atoms with Crippen molar-refractivity contribution in [2.24, 2.45) is 0 Å². The molecule has 0 radical (unpaired) electrons. The van der Waals surface area contributed by atoms with Gasteiger partial charge in [-0.05, 0) is 39.0 Å². The summed E-state index contributed by atoms with van der Waals surface area (Å²) in [5.41, 5.74) is 2.54. The molecule has 0 aliphatic heterocycles. The molecule has 3 rings (SSSR count). The van der Waals surface area contributed by atoms with E-state index in [1.54, 1.807) is 11.8 Å². The Morgan fingerprint density at radius 2 is 1.67 bits per heavy atom. The average molecular weight is 337 g/mol. The van der Waals surface area contributed by atoms with Crippen LogP contribution in [0.25, 0.3) is 11.5 Å². The van der Waals surface area contributed by atoms with Gasteiger partial charge in [-0.2, -0.15) is 0 Å². The fourth-order valence-corrected chi connectivity index (χ4v) is 3.21. The van der Waals surface area contributed by atoms with Crippen LogP contribution in [-0.4, -0.2) is 21.6 Å². The number of aryl methyl sites for hydroxylation is 2. The summed E-state index contributed by atoms with van der Waals surface area (Å²) in [4.78, 5) is 14.9. The molecule has 0 aliphatic carbocycles. The van der Waals surface area contributed by atoms with E-state index in [9.17, 15) is 0 Å². The van der Waals surface area contributed by atoms with Crippen molar-refractivity contribution in [1.29, 1.82) is 0 Å². The maximum Gasteiger partial charge on any atom is 0.179 e. The first-order valence-corrected chi connectivity index (χ1v) is 8.66. The zero-order valence-corrected chi connectivity index (χ0v) is 14.8. The second-order valence-corrected chi connectivity index (χ2v) is 6.44. The van der Waals surface area contributed by atoms with E-state index < -0.39 is 0 Å². The van der Waals surface area contributed by atoms with Crippen molar-refractivity contribution >= 4 is 11.8 Å². The number of nitrogens with zero attached hydrogens (tertiary/aromatic N) is 3. The van der Waals surface area contributed by atoms with Crippen LogP contribution < -0.4 is 4.74 Å². The Kier molecular flexibility index (Phi) is 5.11. The van der Waals surface area contributed by atoms with Crippen LogP contribution in [0.4, 0.5) is 0 Å². The van der Waals surface area contributed by atoms with E-state index in [1.807, 2.05) is 57.2 Å². The van der Waals surface area contributed by atoms with E-state index in [0.29, 0.717) is 12.4 Å². The number of aromatic nitrogens is 3. The Morgan fingerprint density at radius 1 is 0.917 bits per heavy atom. The van der Waals surface area contributed by atoms with Crippen LogP contribution in [0.3, 0.4) is 0 Å². The average Bonchev–Trinajstić information content (AvgIpc) is 2.55. The Bertz CT molecular complexity index is 837. The maximum atomic E-state index is 5.60. The summed E-state index contributed by atoms with van der Waals surface area (Å²) in [5.74, 6) is 1.42. The summed E-state index contributed by atoms with van der Waals surface area (Å²) in [6.45, 7) is 6.50. The van der Waals surface area contributed by atoms with Gasteiger partial charge in [0.15, 0.2) is 5.82 Å². The molecular formula is C19H19N3OS. The molecule has 0 atom stereocenters. The molecule has 0 amide bonds. The molecule has 0 unspecified atom stereocenters. The van der Waals surface area contributed by atoms with Gasteiger partial charge in [0.1, 0.15) is 16.5 Å². The van der Waals surface area contributed by atoms with E-state index >= 15 is 0 Å². The zero-order chi connectivity index (χ0) is 16.9. The molecule has 0 N–H and O–H groups in total. The molecule has 2 aromatic heterocycles. The standard InChI is InChI=1S/C19H19N3OS/c1-4-23-15-10-13(2)20-17(12-15)19-21-14(3)11-18(22-19)24-16-8-6-5-7-9-16/h5-12H,4H2,1-3H3. The van der Waals surface area contributed by atoms with E-state index in [-0.39, 0.29) is 0 Å². The third kappa shape index (κ3) is 4.11. The SMILES string of the molecule is CCOc1cc(C)nc(-c2nc(C)cc(Sc3ccccc3)n2)c1. The van der Waals surface area contributed by atoms with Gasteiger partial charge in [0.05, 0.1) is 6.61 Å². The number of pyridine rings is 1. The second-order valence-electron chi connectivity index (χ2n) is 5.35. The van der Waals surface area contributed by atoms with Crippen molar-refractivity contribution in [3.05, 3.63) is 59.9 Å². The molecule has 0 aliphatic rings. The van der Waals surface area contributed by atoms with Gasteiger partial charge in [-0.15, -0.1) is 0 Å². The first kappa shape index (κ1) is 16.5. The monoisotopic (exact) mass is 337 g/mol. The quantitative estimate of drug-likeness (QED) is 0.631. The Balaban J connectivity index is 1.97. The molecule has 1 aromatic carbocycles. The molecule has 0 saturated heterocycles. The van der Waals surface area contributed by atoms with E-state index in [1.165, 1.54) is 0 Å². The maximum absolute atomic E-state index is 5.60. The van der Waals surface area contributed by atoms with Crippen molar-refractivity contribution < 1.29 is 4.74 Å². The van der Waals surface area contributed by atoms with Crippen molar-refractivity contribution in [3.8, 4) is 17.3 Å². The highest BCUT2D eigenvalue weighted by Gasteiger charge is 2.10. The van der Waals surface area contributed by atoms with E-state index in [4.69, 9.17) is 4.74 Å². The van der Waals surface area contributed by atoms with Crippen LogP contribution in [0.15, 0.2) is 58.5 Å². The van der Waals surface area contributed by atoms with Gasteiger partial charge in [0.25, 0.3) is 0 Å². The van der Waals surface area contributed by atoms with Crippen molar-refractivity contribution in [1.82, 2.24) is 15.0 Å². The lowest BCUT2D eigenvalue weighted by atomic mass is 10.2. The van der Waals surface area contributed by atoms with Gasteiger partial charge < -0.3 is 4.74 Å². The molecule has 2 heterocycles. The van der Waals surface area contributed by atoms with Gasteiger partial charge in [0.2, 0.25) is 0 Å². The van der Waals surface area contributed by atoms with Gasteiger partial charge >= 0.3 is 0 Å². The van der Waals surface area contributed by atoms with Gasteiger partial charge in [0, 0.05) is 28.4 Å². The van der Waals surface area contributed by atoms with Crippen LogP contribution in [0.2, 0.25) is 0 Å². The van der Waals surface area contributed by atoms with Crippen molar-refractivity contribution in [3.63, 3.8) is 0 Å². The molecule has 4 nitrogen and oxygen atoms in total. The van der Waals surface area contributed by atoms with Gasteiger partial charge in [-0.1, -0.05) is 30.0 Å². The number of hydrogen-bond donors (Lipinski definition) is 0. The van der Waals surface area contributed by atoms with Crippen LogP contribution in [0, 0.1) is 13.8 Å². The molecule has 122 valence electrons. The highest BCUT2D eigenvalue weighted by atomic mass is 32.2. The highest BCUT2D eigenvalue weighted by molar-refractivity contribution is 7.99. The number of hydrogen-bond acceptors (Lipinski definition) is 5. The first-order chi connectivity index (χ1) is 11.6. The summed E-state index contributed by atoms with van der Waals surface area (Å²) in [6.07, 6.45) is 0. The molecule has 5 heteroatoms. The third-order valence-corrected chi connectivity index (χ3v) is 4.19. The minimum absolute atomic E-state index is 0.618. The summed E-state index contributed by atoms with van der Waals surface area (Å²) < 4.78 is 5.60. The van der Waals surface area contributed by atoms with E-state index in [0.717, 1.165) is 32.8 Å². The Labute approximate surface area is 146 Å². The molecular weight excluding hydrogens is 318 g/mol. The van der Waals surface area contributed by atoms with Crippen LogP contribution in [0.5, 0.6) is 5.75 Å². The van der Waals surface area contributed by atoms with Crippen LogP contribution in [-0.2, 0) is 0 Å². The normalized spacial score (nSPS) is 10.6. The molecule has 0 spiro atoms. The third-order valence-electron chi connectivity index (χ3n) is 3.26. The summed E-state index contributed by atoms with van der Waals surface area (Å²) in [6, 6.07) is 16.0. The number of benzene rings is 1. The Hall–Kier alpha value is -2.40. The number of rotatable bonds is 5. The predicted molar refractivity (Wildman–Crippen MR) is 96.5 cm³/mol. The van der Waals surface area contributed by atoms with Crippen molar-refractivity contribution in [2.75, 3.05) is 6.61 Å². The first-order valence-electron chi connectivity index (χ1n) is 7.84. The lowest BCUT2D eigenvalue weighted by molar-refractivity contribution is 0.339. The minimum atomic E-state index is 0.618. The summed E-state index contributed by atoms with van der Waals surface area (Å²) in [7, 11) is 0. The lowest BCUT2D eigenvalue weighted by Gasteiger charge is -2.09. The largest absolute Gasteiger partial charge is 0.494 e. The van der Waals surface area contributed by atoms with Crippen molar-refractivity contribution in [2.45, 2.75) is 30.7 Å². The molecule has 0 fully saturated rings. The lowest BCUT2D eigenvalue weighted by Crippen LogP contribution is -1.99. The fraction of sp³-hybridized carbons (Fsp3) is 0.211.